The molecule has 2 bridgehead atoms. The number of carboxylic acid groups (broad SMARTS) is 3. The van der Waals surface area contributed by atoms with Gasteiger partial charge in [0, 0.05) is 20.3 Å². The fourth-order valence-electron chi connectivity index (χ4n) is 6.84. The van der Waals surface area contributed by atoms with E-state index < -0.39 is 171 Å². The molecule has 3 aliphatic rings. The lowest BCUT2D eigenvalue weighted by atomic mass is 9.95. The minimum Gasteiger partial charge on any atom is -0.480 e. The molecule has 3 fully saturated rings. The van der Waals surface area contributed by atoms with Crippen LogP contribution in [0.5, 0.6) is 0 Å². The summed E-state index contributed by atoms with van der Waals surface area (Å²) in [6.07, 6.45) is -13.6. The van der Waals surface area contributed by atoms with Gasteiger partial charge in [0.05, 0.1) is 13.2 Å². The molecule has 27 heteroatoms. The van der Waals surface area contributed by atoms with E-state index in [9.17, 15) is 63.6 Å². The Morgan fingerprint density at radius 3 is 2.00 bits per heavy atom. The van der Waals surface area contributed by atoms with Crippen molar-refractivity contribution in [1.29, 1.82) is 0 Å². The van der Waals surface area contributed by atoms with Crippen molar-refractivity contribution < 1.29 is 97.5 Å². The normalized spacial score (nSPS) is 28.8. The number of nitrogens with two attached hydrogens (primary N) is 1. The molecule has 15 atom stereocenters. The van der Waals surface area contributed by atoms with E-state index in [1.54, 1.807) is 0 Å². The zero-order valence-corrected chi connectivity index (χ0v) is 34.8. The van der Waals surface area contributed by atoms with Gasteiger partial charge in [-0.15, -0.1) is 0 Å². The Balaban J connectivity index is 1.68. The van der Waals surface area contributed by atoms with Gasteiger partial charge < -0.3 is 92.0 Å². The van der Waals surface area contributed by atoms with Gasteiger partial charge >= 0.3 is 17.9 Å². The highest BCUT2D eigenvalue weighted by Gasteiger charge is 2.56. The first kappa shape index (κ1) is 52.2. The summed E-state index contributed by atoms with van der Waals surface area (Å²) in [5.74, 6) is -9.13. The summed E-state index contributed by atoms with van der Waals surface area (Å²) < 4.78 is 29.6. The van der Waals surface area contributed by atoms with Crippen LogP contribution in [0.25, 0.3) is 0 Å². The molecule has 6 amide bonds. The SMILES string of the molecule is CC(=O)NC1C(OC2C3COC(O3)C(NC(C)=O)C2OC(C)C(=O)NC(C)C(=O)NC(CCC(=O)NC(CCCC(N)C(=O)O)C(=O)NCC(=O)O)C(=O)O)OC(CO)C(O)C1O. The molecular formula is C36H57N7O20. The molecule has 3 rings (SSSR count). The van der Waals surface area contributed by atoms with E-state index in [0.29, 0.717) is 0 Å². The number of aliphatic hydroxyl groups is 3. The van der Waals surface area contributed by atoms with Crippen LogP contribution in [0.4, 0.5) is 0 Å². The minimum atomic E-state index is -1.69. The fourth-order valence-corrected chi connectivity index (χ4v) is 6.84. The molecule has 3 aliphatic heterocycles. The molecule has 0 aromatic carbocycles. The lowest BCUT2D eigenvalue weighted by molar-refractivity contribution is -0.313. The van der Waals surface area contributed by atoms with Crippen LogP contribution < -0.4 is 37.6 Å². The van der Waals surface area contributed by atoms with Crippen molar-refractivity contribution in [2.24, 2.45) is 5.73 Å². The predicted octanol–water partition coefficient (Wildman–Crippen LogP) is -6.53. The van der Waals surface area contributed by atoms with Crippen molar-refractivity contribution in [1.82, 2.24) is 31.9 Å². The Kier molecular flexibility index (Phi) is 20.0. The smallest absolute Gasteiger partial charge is 0.326 e. The van der Waals surface area contributed by atoms with E-state index in [4.69, 9.17) is 39.6 Å². The summed E-state index contributed by atoms with van der Waals surface area (Å²) in [5.41, 5.74) is 5.48. The second-order valence-electron chi connectivity index (χ2n) is 15.2. The average Bonchev–Trinajstić information content (AvgIpc) is 3.65. The van der Waals surface area contributed by atoms with Crippen LogP contribution in [0.2, 0.25) is 0 Å². The quantitative estimate of drug-likeness (QED) is 0.0428. The minimum absolute atomic E-state index is 0.0348. The van der Waals surface area contributed by atoms with E-state index in [1.807, 2.05) is 0 Å². The molecule has 356 valence electrons. The number of amides is 6. The van der Waals surface area contributed by atoms with Gasteiger partial charge in [0.25, 0.3) is 0 Å². The van der Waals surface area contributed by atoms with Crippen LogP contribution in [0.15, 0.2) is 0 Å². The third-order valence-electron chi connectivity index (χ3n) is 10.1. The summed E-state index contributed by atoms with van der Waals surface area (Å²) >= 11 is 0. The molecule has 14 N–H and O–H groups in total. The van der Waals surface area contributed by atoms with E-state index in [0.717, 1.165) is 6.92 Å². The summed E-state index contributed by atoms with van der Waals surface area (Å²) in [7, 11) is 0. The van der Waals surface area contributed by atoms with E-state index in [1.165, 1.54) is 20.8 Å². The lowest BCUT2D eigenvalue weighted by Gasteiger charge is -2.47. The third-order valence-corrected chi connectivity index (χ3v) is 10.1. The number of ether oxygens (including phenoxy) is 5. The molecule has 0 aromatic heterocycles. The van der Waals surface area contributed by atoms with Gasteiger partial charge in [-0.05, 0) is 39.5 Å². The van der Waals surface area contributed by atoms with Crippen LogP contribution in [0.3, 0.4) is 0 Å². The highest BCUT2D eigenvalue weighted by molar-refractivity contribution is 5.92. The Morgan fingerprint density at radius 2 is 1.41 bits per heavy atom. The summed E-state index contributed by atoms with van der Waals surface area (Å²) in [6.45, 7) is 3.17. The highest BCUT2D eigenvalue weighted by Crippen LogP contribution is 2.35. The van der Waals surface area contributed by atoms with Crippen molar-refractivity contribution >= 4 is 53.4 Å². The molecule has 63 heavy (non-hydrogen) atoms. The standard InChI is InChI=1S/C36H57N7O20/c1-13(30(52)43-19(34(57)58)8-9-22(47)42-18(32(54)38-10-23(48)49)7-5-6-17(37)33(55)56)39-31(53)14(2)60-29-25(41-16(4)46)35-59-12-21(62-35)28(29)63-36-24(40-15(3)45)27(51)26(50)20(11-44)61-36/h13-14,17-21,24-29,35-36,44,50-51H,5-12,37H2,1-4H3,(H,38,54)(H,39,53)(H,40,45)(H,41,46)(H,42,47)(H,43,52)(H,48,49)(H,55,56)(H,57,58). The topological polar surface area (TPSA) is 419 Å². The molecule has 0 saturated carbocycles. The first-order valence-corrected chi connectivity index (χ1v) is 19.9. The van der Waals surface area contributed by atoms with Gasteiger partial charge in [0.1, 0.15) is 85.5 Å². The molecule has 0 aliphatic carbocycles. The molecule has 0 spiro atoms. The van der Waals surface area contributed by atoms with Crippen molar-refractivity contribution in [2.45, 2.75) is 151 Å². The third kappa shape index (κ3) is 15.3. The van der Waals surface area contributed by atoms with E-state index >= 15 is 0 Å². The number of aliphatic hydroxyl groups excluding tert-OH is 3. The molecule has 15 unspecified atom stereocenters. The first-order valence-electron chi connectivity index (χ1n) is 19.9. The molecule has 0 aromatic rings. The zero-order chi connectivity index (χ0) is 47.3. The highest BCUT2D eigenvalue weighted by atomic mass is 16.8. The summed E-state index contributed by atoms with van der Waals surface area (Å²) in [6, 6.07) is -8.24. The second-order valence-corrected chi connectivity index (χ2v) is 15.2. The van der Waals surface area contributed by atoms with Gasteiger partial charge in [-0.3, -0.25) is 38.4 Å². The van der Waals surface area contributed by atoms with Gasteiger partial charge in [-0.1, -0.05) is 0 Å². The van der Waals surface area contributed by atoms with Crippen molar-refractivity contribution in [3.05, 3.63) is 0 Å². The molecule has 3 heterocycles. The maximum absolute atomic E-state index is 13.5. The number of fused-ring (bicyclic) bond motifs is 2. The van der Waals surface area contributed by atoms with Crippen LogP contribution in [0, 0.1) is 0 Å². The average molecular weight is 908 g/mol. The lowest BCUT2D eigenvalue weighted by Crippen LogP contribution is -2.68. The monoisotopic (exact) mass is 907 g/mol. The van der Waals surface area contributed by atoms with Crippen LogP contribution in [-0.2, 0) is 66.8 Å². The second kappa shape index (κ2) is 24.1. The zero-order valence-electron chi connectivity index (χ0n) is 34.8. The van der Waals surface area contributed by atoms with Gasteiger partial charge in [0.15, 0.2) is 12.6 Å². The number of nitrogens with one attached hydrogen (secondary N) is 6. The predicted molar refractivity (Wildman–Crippen MR) is 205 cm³/mol. The van der Waals surface area contributed by atoms with Gasteiger partial charge in [-0.25, -0.2) is 4.79 Å². The number of rotatable bonds is 24. The fraction of sp³-hybridized carbons (Fsp3) is 0.750. The maximum atomic E-state index is 13.5. The number of hydrogen-bond acceptors (Lipinski definition) is 18. The number of carbonyl (C=O) groups excluding carboxylic acids is 6. The largest absolute Gasteiger partial charge is 0.480 e. The maximum Gasteiger partial charge on any atom is 0.326 e. The van der Waals surface area contributed by atoms with Crippen LogP contribution in [0.1, 0.15) is 59.8 Å². The molecule has 27 nitrogen and oxygen atoms in total. The van der Waals surface area contributed by atoms with E-state index in [2.05, 4.69) is 31.9 Å². The van der Waals surface area contributed by atoms with Crippen molar-refractivity contribution in [2.75, 3.05) is 19.8 Å². The van der Waals surface area contributed by atoms with Crippen LogP contribution >= 0.6 is 0 Å². The Hall–Kier alpha value is -5.13. The Bertz CT molecular complexity index is 1670. The summed E-state index contributed by atoms with van der Waals surface area (Å²) in [4.78, 5) is 110. The number of carboxylic acids is 3. The van der Waals surface area contributed by atoms with Crippen molar-refractivity contribution in [3.8, 4) is 0 Å². The number of hydrogen-bond donors (Lipinski definition) is 13. The van der Waals surface area contributed by atoms with Crippen molar-refractivity contribution in [3.63, 3.8) is 0 Å². The van der Waals surface area contributed by atoms with E-state index in [-0.39, 0.29) is 25.9 Å². The Labute approximate surface area is 359 Å². The molecule has 3 saturated heterocycles. The van der Waals surface area contributed by atoms with Gasteiger partial charge in [0.2, 0.25) is 35.4 Å². The number of carbonyl (C=O) groups is 9. The Morgan fingerprint density at radius 1 is 0.762 bits per heavy atom. The molecule has 0 radical (unpaired) electrons. The van der Waals surface area contributed by atoms with Crippen LogP contribution in [-0.4, -0.2) is 195 Å². The summed E-state index contributed by atoms with van der Waals surface area (Å²) in [5, 5.41) is 72.8. The van der Waals surface area contributed by atoms with Gasteiger partial charge in [-0.2, -0.15) is 0 Å². The number of aliphatic carboxylic acids is 3. The molecular weight excluding hydrogens is 850 g/mol. The first-order chi connectivity index (χ1) is 29.5.